The first-order valence-electron chi connectivity index (χ1n) is 9.96. The van der Waals surface area contributed by atoms with Crippen molar-refractivity contribution < 1.29 is 19.1 Å². The summed E-state index contributed by atoms with van der Waals surface area (Å²) in [5.74, 6) is -1.39. The maximum Gasteiger partial charge on any atom is 0.355 e. The number of thiol groups is 1. The molecule has 0 bridgehead atoms. The predicted octanol–water partition coefficient (Wildman–Crippen LogP) is 3.19. The Labute approximate surface area is 191 Å². The minimum Gasteiger partial charge on any atom is -0.476 e. The summed E-state index contributed by atoms with van der Waals surface area (Å²) in [6.07, 6.45) is 5.51. The van der Waals surface area contributed by atoms with E-state index < -0.39 is 12.0 Å². The molecule has 4 rings (SSSR count). The minimum atomic E-state index is -1.10. The van der Waals surface area contributed by atoms with Gasteiger partial charge in [-0.15, -0.1) is 17.5 Å². The summed E-state index contributed by atoms with van der Waals surface area (Å²) in [4.78, 5) is 26.3. The molecule has 0 radical (unpaired) electrons. The van der Waals surface area contributed by atoms with Gasteiger partial charge < -0.3 is 5.11 Å². The number of rotatable bonds is 7. The number of aromatic nitrogens is 3. The first-order valence-corrected chi connectivity index (χ1v) is 10.5. The fourth-order valence-corrected chi connectivity index (χ4v) is 4.20. The number of hydrogen-bond acceptors (Lipinski definition) is 6. The number of Topliss-reactive ketones (excluding diaryl/α,β-unsaturated/α-hetero) is 1. The summed E-state index contributed by atoms with van der Waals surface area (Å²) in [6, 6.07) is 5.84. The van der Waals surface area contributed by atoms with Crippen molar-refractivity contribution in [1.82, 2.24) is 19.9 Å². The third-order valence-electron chi connectivity index (χ3n) is 5.68. The number of carboxylic acids is 1. The molecule has 2 aromatic rings. The molecule has 1 aliphatic heterocycles. The SMILES string of the molecule is Cl.O=C(O)c1cnnn1C/C=C1\CN(C(C(=O)C2CC2)c2ccccc2F)CCC1S. The molecule has 0 amide bonds. The van der Waals surface area contributed by atoms with Crippen LogP contribution >= 0.6 is 25.0 Å². The summed E-state index contributed by atoms with van der Waals surface area (Å²) in [6.45, 7) is 1.33. The van der Waals surface area contributed by atoms with Crippen LogP contribution in [0.3, 0.4) is 0 Å². The number of aromatic carboxylic acids is 1. The molecule has 1 N–H and O–H groups in total. The summed E-state index contributed by atoms with van der Waals surface area (Å²) in [7, 11) is 0. The zero-order valence-corrected chi connectivity index (χ0v) is 18.4. The second kappa shape index (κ2) is 9.93. The van der Waals surface area contributed by atoms with Crippen LogP contribution in [0.1, 0.15) is 41.4 Å². The standard InChI is InChI=1S/C21H23FN4O3S.ClH/c22-16-4-2-1-3-15(16)19(20(27)13-5-6-13)25-9-8-18(30)14(12-25)7-10-26-17(21(28)29)11-23-24-26;/h1-4,7,11,13,18-19,30H,5-6,8-10,12H2,(H,28,29);1H/b14-7+;. The molecule has 10 heteroatoms. The van der Waals surface area contributed by atoms with E-state index in [-0.39, 0.29) is 47.4 Å². The van der Waals surface area contributed by atoms with Crippen molar-refractivity contribution in [2.75, 3.05) is 13.1 Å². The van der Waals surface area contributed by atoms with E-state index >= 15 is 0 Å². The van der Waals surface area contributed by atoms with Crippen LogP contribution in [0.15, 0.2) is 42.1 Å². The molecule has 7 nitrogen and oxygen atoms in total. The second-order valence-corrected chi connectivity index (χ2v) is 8.38. The van der Waals surface area contributed by atoms with E-state index in [1.54, 1.807) is 18.2 Å². The lowest BCUT2D eigenvalue weighted by Gasteiger charge is -2.37. The minimum absolute atomic E-state index is 0. The maximum atomic E-state index is 14.6. The highest BCUT2D eigenvalue weighted by Crippen LogP contribution is 2.39. The van der Waals surface area contributed by atoms with Gasteiger partial charge in [0.05, 0.1) is 18.8 Å². The lowest BCUT2D eigenvalue weighted by Crippen LogP contribution is -2.42. The van der Waals surface area contributed by atoms with Crippen molar-refractivity contribution in [3.63, 3.8) is 0 Å². The number of likely N-dealkylation sites (tertiary alicyclic amines) is 1. The van der Waals surface area contributed by atoms with Crippen LogP contribution in [-0.4, -0.2) is 55.1 Å². The molecule has 1 aromatic carbocycles. The highest BCUT2D eigenvalue weighted by Gasteiger charge is 2.40. The average molecular weight is 467 g/mol. The highest BCUT2D eigenvalue weighted by atomic mass is 35.5. The van der Waals surface area contributed by atoms with Gasteiger partial charge in [0.1, 0.15) is 5.82 Å². The topological polar surface area (TPSA) is 88.3 Å². The number of carboxylic acid groups (broad SMARTS) is 1. The Kier molecular flexibility index (Phi) is 7.51. The normalized spacial score (nSPS) is 21.5. The number of halogens is 2. The van der Waals surface area contributed by atoms with Crippen LogP contribution in [-0.2, 0) is 11.3 Å². The second-order valence-electron chi connectivity index (χ2n) is 7.76. The zero-order chi connectivity index (χ0) is 21.3. The van der Waals surface area contributed by atoms with Gasteiger partial charge in [0.25, 0.3) is 0 Å². The predicted molar refractivity (Wildman–Crippen MR) is 118 cm³/mol. The quantitative estimate of drug-likeness (QED) is 0.481. The molecule has 2 atom stereocenters. The van der Waals surface area contributed by atoms with E-state index in [9.17, 15) is 19.1 Å². The Morgan fingerprint density at radius 1 is 1.29 bits per heavy atom. The van der Waals surface area contributed by atoms with Crippen LogP contribution in [0.25, 0.3) is 0 Å². The number of allylic oxidation sites excluding steroid dienone is 1. The molecule has 1 aliphatic carbocycles. The molecule has 2 aliphatic rings. The lowest BCUT2D eigenvalue weighted by molar-refractivity contribution is -0.126. The Balaban J connectivity index is 0.00000272. The van der Waals surface area contributed by atoms with Crippen molar-refractivity contribution in [2.24, 2.45) is 5.92 Å². The van der Waals surface area contributed by atoms with Gasteiger partial charge in [-0.3, -0.25) is 9.69 Å². The third kappa shape index (κ3) is 5.16. The molecular formula is C21H24ClFN4O3S. The highest BCUT2D eigenvalue weighted by molar-refractivity contribution is 7.81. The Bertz CT molecular complexity index is 995. The van der Waals surface area contributed by atoms with Crippen LogP contribution in [0.4, 0.5) is 4.39 Å². The van der Waals surface area contributed by atoms with E-state index in [0.717, 1.165) is 18.4 Å². The van der Waals surface area contributed by atoms with Gasteiger partial charge in [0.15, 0.2) is 11.5 Å². The van der Waals surface area contributed by atoms with Gasteiger partial charge >= 0.3 is 5.97 Å². The summed E-state index contributed by atoms with van der Waals surface area (Å²) >= 11 is 4.66. The van der Waals surface area contributed by atoms with Gasteiger partial charge in [0.2, 0.25) is 0 Å². The Morgan fingerprint density at radius 2 is 2.03 bits per heavy atom. The number of piperidine rings is 1. The fourth-order valence-electron chi connectivity index (χ4n) is 3.89. The average Bonchev–Trinajstić information content (AvgIpc) is 3.47. The van der Waals surface area contributed by atoms with E-state index in [1.165, 1.54) is 16.9 Å². The molecule has 1 saturated carbocycles. The Morgan fingerprint density at radius 3 is 2.71 bits per heavy atom. The van der Waals surface area contributed by atoms with Crippen molar-refractivity contribution in [1.29, 1.82) is 0 Å². The number of nitrogens with zero attached hydrogens (tertiary/aromatic N) is 4. The van der Waals surface area contributed by atoms with Gasteiger partial charge in [-0.05, 0) is 30.9 Å². The van der Waals surface area contributed by atoms with Crippen molar-refractivity contribution >= 4 is 36.8 Å². The van der Waals surface area contributed by atoms with E-state index in [0.29, 0.717) is 25.1 Å². The summed E-state index contributed by atoms with van der Waals surface area (Å²) in [5, 5.41) is 16.7. The summed E-state index contributed by atoms with van der Waals surface area (Å²) < 4.78 is 15.9. The van der Waals surface area contributed by atoms with Crippen LogP contribution < -0.4 is 0 Å². The molecule has 31 heavy (non-hydrogen) atoms. The van der Waals surface area contributed by atoms with Crippen molar-refractivity contribution in [3.8, 4) is 0 Å². The van der Waals surface area contributed by atoms with E-state index in [2.05, 4.69) is 22.9 Å². The molecule has 2 unspecified atom stereocenters. The fraction of sp³-hybridized carbons (Fsp3) is 0.429. The van der Waals surface area contributed by atoms with Crippen LogP contribution in [0.5, 0.6) is 0 Å². The molecular weight excluding hydrogens is 443 g/mol. The van der Waals surface area contributed by atoms with Crippen LogP contribution in [0.2, 0.25) is 0 Å². The molecule has 1 aromatic heterocycles. The van der Waals surface area contributed by atoms with Gasteiger partial charge in [-0.2, -0.15) is 12.6 Å². The monoisotopic (exact) mass is 466 g/mol. The smallest absolute Gasteiger partial charge is 0.355 e. The molecule has 1 saturated heterocycles. The van der Waals surface area contributed by atoms with Crippen molar-refractivity contribution in [2.45, 2.75) is 37.1 Å². The van der Waals surface area contributed by atoms with Gasteiger partial charge in [-0.1, -0.05) is 29.5 Å². The molecule has 2 heterocycles. The van der Waals surface area contributed by atoms with E-state index in [4.69, 9.17) is 0 Å². The van der Waals surface area contributed by atoms with Crippen molar-refractivity contribution in [3.05, 3.63) is 59.2 Å². The molecule has 166 valence electrons. The zero-order valence-electron chi connectivity index (χ0n) is 16.7. The third-order valence-corrected chi connectivity index (χ3v) is 6.27. The first kappa shape index (κ1) is 23.4. The van der Waals surface area contributed by atoms with E-state index in [1.807, 2.05) is 11.0 Å². The van der Waals surface area contributed by atoms with Gasteiger partial charge in [-0.25, -0.2) is 13.9 Å². The largest absolute Gasteiger partial charge is 0.476 e. The van der Waals surface area contributed by atoms with Crippen LogP contribution in [0, 0.1) is 11.7 Å². The Hall–Kier alpha value is -2.23. The summed E-state index contributed by atoms with van der Waals surface area (Å²) in [5.41, 5.74) is 1.38. The van der Waals surface area contributed by atoms with Gasteiger partial charge in [0, 0.05) is 29.8 Å². The maximum absolute atomic E-state index is 14.6. The number of carbonyl (C=O) groups excluding carboxylic acids is 1. The number of ketones is 1. The number of benzene rings is 1. The molecule has 0 spiro atoms. The lowest BCUT2D eigenvalue weighted by atomic mass is 9.93. The number of carbonyl (C=O) groups is 2. The molecule has 2 fully saturated rings. The number of hydrogen-bond donors (Lipinski definition) is 2. The first-order chi connectivity index (χ1) is 14.5.